The SMILES string of the molecule is CCOC(=O)N1CCN(/C=C/C(=O)c2ccc(C)cc2)CC1. The highest BCUT2D eigenvalue weighted by Gasteiger charge is 2.20. The number of carbonyl (C=O) groups excluding carboxylic acids is 2. The van der Waals surface area contributed by atoms with Crippen molar-refractivity contribution in [2.24, 2.45) is 0 Å². The number of benzene rings is 1. The Kier molecular flexibility index (Phi) is 5.58. The minimum Gasteiger partial charge on any atom is -0.450 e. The Labute approximate surface area is 131 Å². The number of hydrogen-bond donors (Lipinski definition) is 0. The Morgan fingerprint density at radius 3 is 2.36 bits per heavy atom. The summed E-state index contributed by atoms with van der Waals surface area (Å²) in [5, 5.41) is 0. The lowest BCUT2D eigenvalue weighted by molar-refractivity contribution is 0.0886. The molecule has 1 fully saturated rings. The summed E-state index contributed by atoms with van der Waals surface area (Å²) < 4.78 is 4.98. The number of allylic oxidation sites excluding steroid dienone is 1. The Bertz CT molecular complexity index is 544. The highest BCUT2D eigenvalue weighted by atomic mass is 16.6. The summed E-state index contributed by atoms with van der Waals surface area (Å²) in [6.07, 6.45) is 3.14. The molecule has 1 saturated heterocycles. The van der Waals surface area contributed by atoms with Gasteiger partial charge in [0.2, 0.25) is 0 Å². The first-order chi connectivity index (χ1) is 10.6. The second kappa shape index (κ2) is 7.64. The van der Waals surface area contributed by atoms with E-state index in [4.69, 9.17) is 4.74 Å². The minimum atomic E-state index is -0.262. The Morgan fingerprint density at radius 1 is 1.14 bits per heavy atom. The van der Waals surface area contributed by atoms with Crippen molar-refractivity contribution in [3.8, 4) is 0 Å². The number of ether oxygens (including phenoxy) is 1. The van der Waals surface area contributed by atoms with Crippen LogP contribution in [0.4, 0.5) is 4.79 Å². The van der Waals surface area contributed by atoms with E-state index in [9.17, 15) is 9.59 Å². The fourth-order valence-corrected chi connectivity index (χ4v) is 2.26. The topological polar surface area (TPSA) is 49.9 Å². The molecule has 0 aromatic heterocycles. The molecule has 1 aromatic carbocycles. The molecule has 2 rings (SSSR count). The lowest BCUT2D eigenvalue weighted by atomic mass is 10.1. The van der Waals surface area contributed by atoms with Crippen molar-refractivity contribution in [1.29, 1.82) is 0 Å². The van der Waals surface area contributed by atoms with Gasteiger partial charge in [0.25, 0.3) is 0 Å². The molecule has 0 saturated carbocycles. The molecular formula is C17H22N2O3. The lowest BCUT2D eigenvalue weighted by Crippen LogP contribution is -2.47. The van der Waals surface area contributed by atoms with E-state index in [-0.39, 0.29) is 11.9 Å². The molecule has 22 heavy (non-hydrogen) atoms. The van der Waals surface area contributed by atoms with Crippen molar-refractivity contribution < 1.29 is 14.3 Å². The van der Waals surface area contributed by atoms with E-state index in [2.05, 4.69) is 0 Å². The fraction of sp³-hybridized carbons (Fsp3) is 0.412. The molecule has 5 nitrogen and oxygen atoms in total. The van der Waals surface area contributed by atoms with E-state index in [1.807, 2.05) is 42.3 Å². The van der Waals surface area contributed by atoms with Crippen molar-refractivity contribution in [2.75, 3.05) is 32.8 Å². The zero-order valence-electron chi connectivity index (χ0n) is 13.1. The first-order valence-corrected chi connectivity index (χ1v) is 7.55. The van der Waals surface area contributed by atoms with Gasteiger partial charge in [-0.3, -0.25) is 4.79 Å². The van der Waals surface area contributed by atoms with E-state index in [1.54, 1.807) is 17.9 Å². The van der Waals surface area contributed by atoms with E-state index >= 15 is 0 Å². The molecular weight excluding hydrogens is 280 g/mol. The molecule has 1 amide bonds. The van der Waals surface area contributed by atoms with Crippen LogP contribution in [-0.4, -0.2) is 54.5 Å². The third-order valence-corrected chi connectivity index (χ3v) is 3.61. The van der Waals surface area contributed by atoms with Crippen LogP contribution in [0.5, 0.6) is 0 Å². The van der Waals surface area contributed by atoms with Gasteiger partial charge in [0, 0.05) is 44.0 Å². The molecule has 0 unspecified atom stereocenters. The second-order valence-corrected chi connectivity index (χ2v) is 5.27. The molecule has 1 aliphatic rings. The molecule has 0 N–H and O–H groups in total. The molecule has 0 atom stereocenters. The second-order valence-electron chi connectivity index (χ2n) is 5.27. The maximum absolute atomic E-state index is 12.1. The van der Waals surface area contributed by atoms with Gasteiger partial charge in [-0.05, 0) is 13.8 Å². The van der Waals surface area contributed by atoms with Crippen LogP contribution < -0.4 is 0 Å². The summed E-state index contributed by atoms with van der Waals surface area (Å²) in [6, 6.07) is 7.53. The van der Waals surface area contributed by atoms with Crippen LogP contribution in [0.3, 0.4) is 0 Å². The molecule has 1 heterocycles. The number of amides is 1. The van der Waals surface area contributed by atoms with Crippen LogP contribution >= 0.6 is 0 Å². The summed E-state index contributed by atoms with van der Waals surface area (Å²) >= 11 is 0. The summed E-state index contributed by atoms with van der Waals surface area (Å²) in [4.78, 5) is 27.4. The van der Waals surface area contributed by atoms with Gasteiger partial charge < -0.3 is 14.5 Å². The van der Waals surface area contributed by atoms with Crippen LogP contribution in [0.2, 0.25) is 0 Å². The average Bonchev–Trinajstić information content (AvgIpc) is 2.54. The molecule has 1 aliphatic heterocycles. The van der Waals surface area contributed by atoms with Crippen molar-refractivity contribution >= 4 is 11.9 Å². The monoisotopic (exact) mass is 302 g/mol. The number of nitrogens with zero attached hydrogens (tertiary/aromatic N) is 2. The van der Waals surface area contributed by atoms with E-state index in [0.717, 1.165) is 5.56 Å². The van der Waals surface area contributed by atoms with E-state index in [1.165, 1.54) is 0 Å². The Hall–Kier alpha value is -2.30. The molecule has 0 bridgehead atoms. The molecule has 0 aliphatic carbocycles. The quantitative estimate of drug-likeness (QED) is 0.633. The number of aryl methyl sites for hydroxylation is 1. The predicted octanol–water partition coefficient (Wildman–Crippen LogP) is 2.47. The van der Waals surface area contributed by atoms with Gasteiger partial charge >= 0.3 is 6.09 Å². The first kappa shape index (κ1) is 16.1. The van der Waals surface area contributed by atoms with Crippen LogP contribution in [0, 0.1) is 6.92 Å². The summed E-state index contributed by atoms with van der Waals surface area (Å²) in [5.74, 6) is -0.00665. The minimum absolute atomic E-state index is 0.00665. The van der Waals surface area contributed by atoms with Crippen molar-refractivity contribution in [2.45, 2.75) is 13.8 Å². The molecule has 118 valence electrons. The third kappa shape index (κ3) is 4.35. The lowest BCUT2D eigenvalue weighted by Gasteiger charge is -2.33. The standard InChI is InChI=1S/C17H22N2O3/c1-3-22-17(21)19-12-10-18(11-13-19)9-8-16(20)15-6-4-14(2)5-7-15/h4-9H,3,10-13H2,1-2H3/b9-8+. The van der Waals surface area contributed by atoms with Crippen LogP contribution in [-0.2, 0) is 4.74 Å². The average molecular weight is 302 g/mol. The number of piperazine rings is 1. The highest BCUT2D eigenvalue weighted by Crippen LogP contribution is 2.07. The Balaban J connectivity index is 1.83. The normalized spacial score (nSPS) is 15.2. The largest absolute Gasteiger partial charge is 0.450 e. The highest BCUT2D eigenvalue weighted by molar-refractivity contribution is 6.04. The first-order valence-electron chi connectivity index (χ1n) is 7.55. The van der Waals surface area contributed by atoms with Gasteiger partial charge in [0.1, 0.15) is 0 Å². The Morgan fingerprint density at radius 2 is 1.77 bits per heavy atom. The number of rotatable bonds is 4. The zero-order valence-corrected chi connectivity index (χ0v) is 13.1. The van der Waals surface area contributed by atoms with Gasteiger partial charge in [-0.2, -0.15) is 0 Å². The third-order valence-electron chi connectivity index (χ3n) is 3.61. The van der Waals surface area contributed by atoms with Gasteiger partial charge in [-0.25, -0.2) is 4.79 Å². The number of hydrogen-bond acceptors (Lipinski definition) is 4. The van der Waals surface area contributed by atoms with Crippen LogP contribution in [0.15, 0.2) is 36.5 Å². The zero-order chi connectivity index (χ0) is 15.9. The number of carbonyl (C=O) groups is 2. The smallest absolute Gasteiger partial charge is 0.409 e. The fourth-order valence-electron chi connectivity index (χ4n) is 2.26. The van der Waals surface area contributed by atoms with Crippen LogP contribution in [0.25, 0.3) is 0 Å². The van der Waals surface area contributed by atoms with E-state index in [0.29, 0.717) is 38.3 Å². The van der Waals surface area contributed by atoms with Gasteiger partial charge in [-0.15, -0.1) is 0 Å². The summed E-state index contributed by atoms with van der Waals surface area (Å²) in [7, 11) is 0. The number of ketones is 1. The summed E-state index contributed by atoms with van der Waals surface area (Å²) in [5.41, 5.74) is 1.82. The molecule has 1 aromatic rings. The van der Waals surface area contributed by atoms with Gasteiger partial charge in [0.05, 0.1) is 6.61 Å². The summed E-state index contributed by atoms with van der Waals surface area (Å²) in [6.45, 7) is 6.82. The van der Waals surface area contributed by atoms with E-state index < -0.39 is 0 Å². The van der Waals surface area contributed by atoms with Crippen LogP contribution in [0.1, 0.15) is 22.8 Å². The maximum atomic E-state index is 12.1. The predicted molar refractivity (Wildman–Crippen MR) is 84.8 cm³/mol. The van der Waals surface area contributed by atoms with Crippen molar-refractivity contribution in [1.82, 2.24) is 9.80 Å². The molecule has 0 radical (unpaired) electrons. The van der Waals surface area contributed by atoms with Crippen molar-refractivity contribution in [3.63, 3.8) is 0 Å². The van der Waals surface area contributed by atoms with Gasteiger partial charge in [-0.1, -0.05) is 29.8 Å². The van der Waals surface area contributed by atoms with Gasteiger partial charge in [0.15, 0.2) is 5.78 Å². The maximum Gasteiger partial charge on any atom is 0.409 e. The molecule has 5 heteroatoms. The van der Waals surface area contributed by atoms with Crippen molar-refractivity contribution in [3.05, 3.63) is 47.7 Å². The molecule has 0 spiro atoms.